The third-order valence-corrected chi connectivity index (χ3v) is 5.42. The van der Waals surface area contributed by atoms with Gasteiger partial charge in [-0.05, 0) is 12.1 Å². The van der Waals surface area contributed by atoms with Crippen LogP contribution in [0.3, 0.4) is 0 Å². The zero-order valence-electron chi connectivity index (χ0n) is 9.62. The van der Waals surface area contributed by atoms with Crippen LogP contribution >= 0.6 is 23.5 Å². The number of benzene rings is 1. The Bertz CT molecular complexity index is 436. The van der Waals surface area contributed by atoms with Crippen molar-refractivity contribution < 1.29 is 13.6 Å². The zero-order chi connectivity index (χ0) is 13.0. The molecule has 2 nitrogen and oxygen atoms in total. The number of rotatable bonds is 3. The lowest BCUT2D eigenvalue weighted by Crippen LogP contribution is -2.33. The van der Waals surface area contributed by atoms with Gasteiger partial charge in [0.25, 0.3) is 5.91 Å². The molecule has 0 saturated carbocycles. The molecule has 1 N–H and O–H groups in total. The number of carbonyl (C=O) groups is 1. The van der Waals surface area contributed by atoms with E-state index in [2.05, 4.69) is 5.32 Å². The summed E-state index contributed by atoms with van der Waals surface area (Å²) in [6.07, 6.45) is 0. The number of amides is 1. The summed E-state index contributed by atoms with van der Waals surface area (Å²) in [7, 11) is 0. The fourth-order valence-electron chi connectivity index (χ4n) is 1.64. The molecule has 1 aromatic carbocycles. The first-order chi connectivity index (χ1) is 8.68. The van der Waals surface area contributed by atoms with Crippen LogP contribution in [0, 0.1) is 11.6 Å². The van der Waals surface area contributed by atoms with E-state index in [1.165, 1.54) is 12.1 Å². The van der Waals surface area contributed by atoms with Crippen LogP contribution in [0.2, 0.25) is 0 Å². The van der Waals surface area contributed by atoms with Gasteiger partial charge in [0.15, 0.2) is 11.6 Å². The highest BCUT2D eigenvalue weighted by molar-refractivity contribution is 8.06. The second kappa shape index (κ2) is 6.43. The first-order valence-corrected chi connectivity index (χ1v) is 7.80. The van der Waals surface area contributed by atoms with Crippen LogP contribution in [0.4, 0.5) is 8.78 Å². The van der Waals surface area contributed by atoms with Gasteiger partial charge < -0.3 is 5.32 Å². The molecule has 0 aromatic heterocycles. The van der Waals surface area contributed by atoms with Gasteiger partial charge >= 0.3 is 0 Å². The van der Waals surface area contributed by atoms with Crippen molar-refractivity contribution in [1.29, 1.82) is 0 Å². The average Bonchev–Trinajstić information content (AvgIpc) is 2.40. The molecule has 0 radical (unpaired) electrons. The van der Waals surface area contributed by atoms with Gasteiger partial charge in [-0.2, -0.15) is 23.5 Å². The first kappa shape index (κ1) is 13.7. The van der Waals surface area contributed by atoms with Crippen molar-refractivity contribution in [1.82, 2.24) is 5.32 Å². The van der Waals surface area contributed by atoms with Crippen LogP contribution in [0.1, 0.15) is 10.4 Å². The maximum atomic E-state index is 13.4. The minimum Gasteiger partial charge on any atom is -0.351 e. The molecular formula is C12H13F2NOS2. The minimum absolute atomic E-state index is 0.233. The standard InChI is InChI=1S/C12H13F2NOS2/c13-10-3-1-2-9(11(10)14)12(16)15-6-8-7-17-4-5-18-8/h1-3,8H,4-7H2,(H,15,16). The van der Waals surface area contributed by atoms with E-state index in [0.29, 0.717) is 11.8 Å². The lowest BCUT2D eigenvalue weighted by molar-refractivity contribution is 0.0949. The molecule has 98 valence electrons. The van der Waals surface area contributed by atoms with Crippen molar-refractivity contribution in [2.24, 2.45) is 0 Å². The number of hydrogen-bond donors (Lipinski definition) is 1. The number of carbonyl (C=O) groups excluding carboxylic acids is 1. The summed E-state index contributed by atoms with van der Waals surface area (Å²) < 4.78 is 26.3. The van der Waals surface area contributed by atoms with E-state index < -0.39 is 17.5 Å². The topological polar surface area (TPSA) is 29.1 Å². The lowest BCUT2D eigenvalue weighted by atomic mass is 10.2. The van der Waals surface area contributed by atoms with E-state index >= 15 is 0 Å². The molecule has 1 aliphatic rings. The van der Waals surface area contributed by atoms with Gasteiger partial charge in [-0.15, -0.1) is 0 Å². The first-order valence-electron chi connectivity index (χ1n) is 5.60. The van der Waals surface area contributed by atoms with Gasteiger partial charge in [0.1, 0.15) is 0 Å². The molecule has 6 heteroatoms. The van der Waals surface area contributed by atoms with Crippen molar-refractivity contribution in [2.45, 2.75) is 5.25 Å². The van der Waals surface area contributed by atoms with Gasteiger partial charge in [-0.3, -0.25) is 4.79 Å². The van der Waals surface area contributed by atoms with E-state index in [9.17, 15) is 13.6 Å². The fourth-order valence-corrected chi connectivity index (χ4v) is 4.25. The zero-order valence-corrected chi connectivity index (χ0v) is 11.3. The van der Waals surface area contributed by atoms with E-state index in [0.717, 1.165) is 23.3 Å². The Labute approximate surface area is 113 Å². The lowest BCUT2D eigenvalue weighted by Gasteiger charge is -2.21. The summed E-state index contributed by atoms with van der Waals surface area (Å²) in [4.78, 5) is 11.7. The van der Waals surface area contributed by atoms with Crippen molar-refractivity contribution in [3.63, 3.8) is 0 Å². The third kappa shape index (κ3) is 3.38. The Morgan fingerprint density at radius 3 is 2.94 bits per heavy atom. The molecule has 18 heavy (non-hydrogen) atoms. The van der Waals surface area contributed by atoms with E-state index in [-0.39, 0.29) is 5.56 Å². The highest BCUT2D eigenvalue weighted by Crippen LogP contribution is 2.23. The molecular weight excluding hydrogens is 276 g/mol. The van der Waals surface area contributed by atoms with Crippen molar-refractivity contribution >= 4 is 29.4 Å². The highest BCUT2D eigenvalue weighted by Gasteiger charge is 2.18. The van der Waals surface area contributed by atoms with E-state index in [4.69, 9.17) is 0 Å². The Hall–Kier alpha value is -0.750. The van der Waals surface area contributed by atoms with Crippen molar-refractivity contribution in [3.05, 3.63) is 35.4 Å². The second-order valence-corrected chi connectivity index (χ2v) is 6.44. The van der Waals surface area contributed by atoms with Gasteiger partial charge in [0, 0.05) is 29.1 Å². The Kier molecular flexibility index (Phi) is 4.88. The SMILES string of the molecule is O=C(NCC1CSCCS1)c1cccc(F)c1F. The van der Waals surface area contributed by atoms with E-state index in [1.54, 1.807) is 11.8 Å². The van der Waals surface area contributed by atoms with E-state index in [1.807, 2.05) is 11.8 Å². The summed E-state index contributed by atoms with van der Waals surface area (Å²) in [6, 6.07) is 3.62. The maximum absolute atomic E-state index is 13.4. The number of halogens is 2. The predicted molar refractivity (Wildman–Crippen MR) is 72.3 cm³/mol. The Morgan fingerprint density at radius 1 is 1.39 bits per heavy atom. The molecule has 1 amide bonds. The highest BCUT2D eigenvalue weighted by atomic mass is 32.2. The van der Waals surface area contributed by atoms with Crippen LogP contribution in [0.15, 0.2) is 18.2 Å². The van der Waals surface area contributed by atoms with Crippen LogP contribution in [0.5, 0.6) is 0 Å². The molecule has 0 spiro atoms. The predicted octanol–water partition coefficient (Wildman–Crippen LogP) is 2.54. The summed E-state index contributed by atoms with van der Waals surface area (Å²) in [5, 5.41) is 3.01. The van der Waals surface area contributed by atoms with Crippen molar-refractivity contribution in [2.75, 3.05) is 23.8 Å². The Balaban J connectivity index is 1.93. The second-order valence-electron chi connectivity index (χ2n) is 3.88. The fraction of sp³-hybridized carbons (Fsp3) is 0.417. The number of thioether (sulfide) groups is 2. The van der Waals surface area contributed by atoms with Crippen LogP contribution < -0.4 is 5.32 Å². The molecule has 0 aliphatic carbocycles. The molecule has 2 rings (SSSR count). The summed E-state index contributed by atoms with van der Waals surface area (Å²) >= 11 is 3.65. The number of nitrogens with one attached hydrogen (secondary N) is 1. The van der Waals surface area contributed by atoms with Crippen LogP contribution in [-0.4, -0.2) is 35.0 Å². The summed E-state index contributed by atoms with van der Waals surface area (Å²) in [6.45, 7) is 0.493. The van der Waals surface area contributed by atoms with Crippen molar-refractivity contribution in [3.8, 4) is 0 Å². The smallest absolute Gasteiger partial charge is 0.254 e. The molecule has 1 aromatic rings. The molecule has 0 bridgehead atoms. The average molecular weight is 289 g/mol. The Morgan fingerprint density at radius 2 is 2.22 bits per heavy atom. The molecule has 1 atom stereocenters. The van der Waals surface area contributed by atoms with Gasteiger partial charge in [0.2, 0.25) is 0 Å². The third-order valence-electron chi connectivity index (χ3n) is 2.57. The minimum atomic E-state index is -1.08. The number of hydrogen-bond acceptors (Lipinski definition) is 3. The molecule has 1 aliphatic heterocycles. The van der Waals surface area contributed by atoms with Gasteiger partial charge in [-0.25, -0.2) is 8.78 Å². The molecule has 1 unspecified atom stereocenters. The summed E-state index contributed by atoms with van der Waals surface area (Å²) in [5.74, 6) is 0.554. The molecule has 1 saturated heterocycles. The quantitative estimate of drug-likeness (QED) is 0.927. The van der Waals surface area contributed by atoms with Crippen LogP contribution in [-0.2, 0) is 0 Å². The molecule has 1 fully saturated rings. The maximum Gasteiger partial charge on any atom is 0.254 e. The van der Waals surface area contributed by atoms with Gasteiger partial charge in [0.05, 0.1) is 5.56 Å². The van der Waals surface area contributed by atoms with Crippen LogP contribution in [0.25, 0.3) is 0 Å². The molecule has 1 heterocycles. The largest absolute Gasteiger partial charge is 0.351 e. The summed E-state index contributed by atoms with van der Waals surface area (Å²) in [5.41, 5.74) is -0.233. The monoisotopic (exact) mass is 289 g/mol. The normalized spacial score (nSPS) is 19.6. The van der Waals surface area contributed by atoms with Gasteiger partial charge in [-0.1, -0.05) is 6.07 Å².